The molecule has 1 aliphatic carbocycles. The van der Waals surface area contributed by atoms with Crippen LogP contribution in [0.2, 0.25) is 15.1 Å². The Kier molecular flexibility index (Phi) is 7.87. The average Bonchev–Trinajstić information content (AvgIpc) is 2.87. The first-order valence-corrected chi connectivity index (χ1v) is 14.4. The van der Waals surface area contributed by atoms with Crippen molar-refractivity contribution in [2.75, 3.05) is 4.90 Å². The fourth-order valence-electron chi connectivity index (χ4n) is 5.86. The highest BCUT2D eigenvalue weighted by molar-refractivity contribution is 6.35. The molecular weight excluding hydrogens is 577 g/mol. The Balaban J connectivity index is 1.67. The van der Waals surface area contributed by atoms with Crippen LogP contribution < -0.4 is 15.4 Å². The zero-order chi connectivity index (χ0) is 29.6. The molecule has 0 bridgehead atoms. The summed E-state index contributed by atoms with van der Waals surface area (Å²) in [5, 5.41) is 12.0. The number of hydrogen-bond donors (Lipinski definition) is 1. The Morgan fingerprint density at radius 1 is 0.976 bits per heavy atom. The van der Waals surface area contributed by atoms with Crippen molar-refractivity contribution < 1.29 is 9.53 Å². The molecule has 0 aromatic heterocycles. The SMILES string of the molecule is Cc1cc(C)c(C2C(C#N)=C(N)N(c3cc(Cl)cc(Cl)c3)C3=C2C(=O)CC(C)(C)C3)cc1COc1ccc(Cl)cc1. The van der Waals surface area contributed by atoms with Crippen LogP contribution in [-0.2, 0) is 11.4 Å². The summed E-state index contributed by atoms with van der Waals surface area (Å²) in [6.07, 6.45) is 0.952. The Morgan fingerprint density at radius 3 is 2.27 bits per heavy atom. The summed E-state index contributed by atoms with van der Waals surface area (Å²) in [5.41, 5.74) is 12.6. The van der Waals surface area contributed by atoms with Crippen LogP contribution in [0, 0.1) is 30.6 Å². The average molecular weight is 607 g/mol. The van der Waals surface area contributed by atoms with E-state index in [1.165, 1.54) is 0 Å². The molecule has 3 aromatic carbocycles. The van der Waals surface area contributed by atoms with E-state index >= 15 is 0 Å². The summed E-state index contributed by atoms with van der Waals surface area (Å²) in [7, 11) is 0. The van der Waals surface area contributed by atoms with Crippen molar-refractivity contribution in [3.8, 4) is 11.8 Å². The number of carbonyl (C=O) groups excluding carboxylic acids is 1. The van der Waals surface area contributed by atoms with Crippen LogP contribution >= 0.6 is 34.8 Å². The van der Waals surface area contributed by atoms with Crippen LogP contribution in [0.4, 0.5) is 5.69 Å². The minimum absolute atomic E-state index is 0.00133. The van der Waals surface area contributed by atoms with Crippen molar-refractivity contribution in [2.45, 2.75) is 53.1 Å². The van der Waals surface area contributed by atoms with E-state index in [-0.39, 0.29) is 17.0 Å². The molecule has 0 saturated heterocycles. The number of ether oxygens (including phenoxy) is 1. The standard InChI is InChI=1S/C33H30Cl3N3O2/c1-18-9-19(2)26(10-20(18)17-41-25-7-5-21(34)6-8-25)30-27(16-37)32(38)39(24-12-22(35)11-23(36)13-24)28-14-33(3,4)15-29(40)31(28)30/h5-13,30H,14-15,17,38H2,1-4H3. The maximum absolute atomic E-state index is 14.0. The molecule has 2 aliphatic rings. The van der Waals surface area contributed by atoms with Gasteiger partial charge in [0.1, 0.15) is 18.2 Å². The lowest BCUT2D eigenvalue weighted by Gasteiger charge is -2.44. The summed E-state index contributed by atoms with van der Waals surface area (Å²) < 4.78 is 6.06. The molecule has 5 rings (SSSR count). The second kappa shape index (κ2) is 11.1. The van der Waals surface area contributed by atoms with Gasteiger partial charge in [0, 0.05) is 32.8 Å². The van der Waals surface area contributed by atoms with Gasteiger partial charge in [-0.1, -0.05) is 60.8 Å². The molecule has 0 radical (unpaired) electrons. The third kappa shape index (κ3) is 5.70. The summed E-state index contributed by atoms with van der Waals surface area (Å²) in [5.74, 6) is 0.345. The molecule has 0 fully saturated rings. The number of halogens is 3. The van der Waals surface area contributed by atoms with Gasteiger partial charge in [-0.05, 0) is 90.4 Å². The zero-order valence-corrected chi connectivity index (χ0v) is 25.6. The number of nitrogens with two attached hydrogens (primary N) is 1. The number of anilines is 1. The van der Waals surface area contributed by atoms with Gasteiger partial charge in [-0.2, -0.15) is 5.26 Å². The molecule has 1 heterocycles. The largest absolute Gasteiger partial charge is 0.489 e. The van der Waals surface area contributed by atoms with Gasteiger partial charge in [0.15, 0.2) is 5.78 Å². The predicted molar refractivity (Wildman–Crippen MR) is 165 cm³/mol. The van der Waals surface area contributed by atoms with Gasteiger partial charge in [-0.25, -0.2) is 0 Å². The number of carbonyl (C=O) groups is 1. The first-order chi connectivity index (χ1) is 19.4. The fourth-order valence-corrected chi connectivity index (χ4v) is 6.50. The molecule has 5 nitrogen and oxygen atoms in total. The minimum Gasteiger partial charge on any atom is -0.489 e. The smallest absolute Gasteiger partial charge is 0.162 e. The first-order valence-electron chi connectivity index (χ1n) is 13.3. The monoisotopic (exact) mass is 605 g/mol. The Morgan fingerprint density at radius 2 is 1.63 bits per heavy atom. The first kappa shape index (κ1) is 29.1. The third-order valence-electron chi connectivity index (χ3n) is 7.73. The van der Waals surface area contributed by atoms with E-state index in [4.69, 9.17) is 45.3 Å². The van der Waals surface area contributed by atoms with Crippen LogP contribution in [0.15, 0.2) is 77.3 Å². The topological polar surface area (TPSA) is 79.4 Å². The normalized spacial score (nSPS) is 18.3. The van der Waals surface area contributed by atoms with Crippen LogP contribution in [0.5, 0.6) is 5.75 Å². The number of nitrogens with zero attached hydrogens (tertiary/aromatic N) is 2. The van der Waals surface area contributed by atoms with E-state index in [0.717, 1.165) is 28.0 Å². The fraction of sp³-hybridized carbons (Fsp3) is 0.273. The van der Waals surface area contributed by atoms with Crippen LogP contribution in [0.1, 0.15) is 54.9 Å². The molecule has 8 heteroatoms. The van der Waals surface area contributed by atoms with Gasteiger partial charge in [0.25, 0.3) is 0 Å². The number of nitriles is 1. The predicted octanol–water partition coefficient (Wildman–Crippen LogP) is 8.78. The van der Waals surface area contributed by atoms with E-state index in [1.54, 1.807) is 35.2 Å². The molecule has 3 aromatic rings. The zero-order valence-electron chi connectivity index (χ0n) is 23.3. The Bertz CT molecular complexity index is 1650. The molecule has 2 N–H and O–H groups in total. The maximum Gasteiger partial charge on any atom is 0.162 e. The Labute approximate surface area is 255 Å². The molecule has 0 amide bonds. The highest BCUT2D eigenvalue weighted by atomic mass is 35.5. The number of aryl methyl sites for hydroxylation is 2. The third-order valence-corrected chi connectivity index (χ3v) is 8.42. The summed E-state index contributed by atoms with van der Waals surface area (Å²) in [6.45, 7) is 8.47. The molecule has 0 spiro atoms. The van der Waals surface area contributed by atoms with Gasteiger partial charge in [0.2, 0.25) is 0 Å². The lowest BCUT2D eigenvalue weighted by molar-refractivity contribution is -0.118. The van der Waals surface area contributed by atoms with Gasteiger partial charge < -0.3 is 10.5 Å². The quantitative estimate of drug-likeness (QED) is 0.314. The highest BCUT2D eigenvalue weighted by Gasteiger charge is 2.45. The second-order valence-electron chi connectivity index (χ2n) is 11.5. The number of Topliss-reactive ketones (excluding diaryl/α,β-unsaturated/α-hetero) is 1. The van der Waals surface area contributed by atoms with Gasteiger partial charge >= 0.3 is 0 Å². The number of benzene rings is 3. The van der Waals surface area contributed by atoms with E-state index in [1.807, 2.05) is 32.0 Å². The van der Waals surface area contributed by atoms with Crippen molar-refractivity contribution in [1.29, 1.82) is 5.26 Å². The van der Waals surface area contributed by atoms with Gasteiger partial charge in [-0.15, -0.1) is 0 Å². The summed E-state index contributed by atoms with van der Waals surface area (Å²) in [6, 6.07) is 18.8. The van der Waals surface area contributed by atoms with E-state index in [0.29, 0.717) is 57.1 Å². The lowest BCUT2D eigenvalue weighted by atomic mass is 9.68. The summed E-state index contributed by atoms with van der Waals surface area (Å²) in [4.78, 5) is 15.7. The Hall–Kier alpha value is -3.43. The molecular formula is C33H30Cl3N3O2. The molecule has 210 valence electrons. The molecule has 1 aliphatic heterocycles. The van der Waals surface area contributed by atoms with Crippen molar-refractivity contribution in [3.05, 3.63) is 115 Å². The lowest BCUT2D eigenvalue weighted by Crippen LogP contribution is -2.42. The van der Waals surface area contributed by atoms with Gasteiger partial charge in [0.05, 0.1) is 23.2 Å². The highest BCUT2D eigenvalue weighted by Crippen LogP contribution is 2.51. The van der Waals surface area contributed by atoms with E-state index < -0.39 is 5.92 Å². The van der Waals surface area contributed by atoms with Crippen LogP contribution in [0.25, 0.3) is 0 Å². The number of ketones is 1. The number of hydrogen-bond acceptors (Lipinski definition) is 5. The van der Waals surface area contributed by atoms with Crippen molar-refractivity contribution in [2.24, 2.45) is 11.1 Å². The molecule has 41 heavy (non-hydrogen) atoms. The maximum atomic E-state index is 14.0. The molecule has 1 atom stereocenters. The van der Waals surface area contributed by atoms with Gasteiger partial charge in [-0.3, -0.25) is 9.69 Å². The van der Waals surface area contributed by atoms with Crippen LogP contribution in [0.3, 0.4) is 0 Å². The second-order valence-corrected chi connectivity index (χ2v) is 12.8. The van der Waals surface area contributed by atoms with E-state index in [2.05, 4.69) is 26.0 Å². The van der Waals surface area contributed by atoms with E-state index in [9.17, 15) is 10.1 Å². The minimum atomic E-state index is -0.612. The molecule has 1 unspecified atom stereocenters. The number of rotatable bonds is 5. The van der Waals surface area contributed by atoms with Crippen molar-refractivity contribution in [3.63, 3.8) is 0 Å². The summed E-state index contributed by atoms with van der Waals surface area (Å²) >= 11 is 18.8. The van der Waals surface area contributed by atoms with Crippen LogP contribution in [-0.4, -0.2) is 5.78 Å². The number of allylic oxidation sites excluding steroid dienone is 3. The molecule has 0 saturated carbocycles. The van der Waals surface area contributed by atoms with Crippen molar-refractivity contribution in [1.82, 2.24) is 0 Å². The van der Waals surface area contributed by atoms with Crippen molar-refractivity contribution >= 4 is 46.3 Å².